The summed E-state index contributed by atoms with van der Waals surface area (Å²) >= 11 is 0. The fourth-order valence-corrected chi connectivity index (χ4v) is 5.70. The minimum Gasteiger partial charge on any atom is -0.375 e. The lowest BCUT2D eigenvalue weighted by atomic mass is 10.0. The van der Waals surface area contributed by atoms with Crippen LogP contribution in [0.3, 0.4) is 0 Å². The zero-order valence-corrected chi connectivity index (χ0v) is 15.5. The van der Waals surface area contributed by atoms with E-state index in [2.05, 4.69) is 4.98 Å². The quantitative estimate of drug-likeness (QED) is 0.682. The number of aromatic nitrogens is 1. The summed E-state index contributed by atoms with van der Waals surface area (Å²) in [6, 6.07) is 2.76. The molecule has 2 saturated heterocycles. The maximum absolute atomic E-state index is 12.7. The highest BCUT2D eigenvalue weighted by atomic mass is 32.2. The largest absolute Gasteiger partial charge is 0.375 e. The first-order valence-electron chi connectivity index (χ1n) is 8.58. The van der Waals surface area contributed by atoms with Gasteiger partial charge in [0.1, 0.15) is 6.61 Å². The second kappa shape index (κ2) is 7.71. The Hall–Kier alpha value is -2.00. The SMILES string of the molecule is COCC(=O)N1CCN(C(=O)CCc2cccnc2)[C@H]2CS(=O)(=O)C[C@H]21. The monoisotopic (exact) mass is 381 g/mol. The van der Waals surface area contributed by atoms with E-state index < -0.39 is 21.9 Å². The molecule has 0 N–H and O–H groups in total. The van der Waals surface area contributed by atoms with E-state index in [0.29, 0.717) is 25.9 Å². The molecule has 1 aromatic heterocycles. The van der Waals surface area contributed by atoms with Crippen LogP contribution in [0.5, 0.6) is 0 Å². The topological polar surface area (TPSA) is 96.9 Å². The number of nitrogens with zero attached hydrogens (tertiary/aromatic N) is 3. The minimum absolute atomic E-state index is 0.0835. The van der Waals surface area contributed by atoms with Crippen LogP contribution < -0.4 is 0 Å². The summed E-state index contributed by atoms with van der Waals surface area (Å²) in [5.74, 6) is -0.506. The predicted octanol–water partition coefficient (Wildman–Crippen LogP) is -0.503. The van der Waals surface area contributed by atoms with Gasteiger partial charge in [0.2, 0.25) is 11.8 Å². The molecule has 2 fully saturated rings. The number of hydrogen-bond donors (Lipinski definition) is 0. The molecule has 0 radical (unpaired) electrons. The number of sulfone groups is 1. The summed E-state index contributed by atoms with van der Waals surface area (Å²) < 4.78 is 29.2. The number of methoxy groups -OCH3 is 1. The smallest absolute Gasteiger partial charge is 0.248 e. The van der Waals surface area contributed by atoms with E-state index in [0.717, 1.165) is 5.56 Å². The first kappa shape index (κ1) is 18.8. The highest BCUT2D eigenvalue weighted by Crippen LogP contribution is 2.28. The van der Waals surface area contributed by atoms with Crippen molar-refractivity contribution in [3.8, 4) is 0 Å². The number of rotatable bonds is 5. The number of amides is 2. The third kappa shape index (κ3) is 4.04. The lowest BCUT2D eigenvalue weighted by Crippen LogP contribution is -2.62. The average molecular weight is 381 g/mol. The normalized spacial score (nSPS) is 24.3. The molecule has 2 aliphatic rings. The van der Waals surface area contributed by atoms with Gasteiger partial charge in [0, 0.05) is 39.0 Å². The summed E-state index contributed by atoms with van der Waals surface area (Å²) in [4.78, 5) is 32.2. The van der Waals surface area contributed by atoms with Crippen LogP contribution in [0.4, 0.5) is 0 Å². The van der Waals surface area contributed by atoms with Crippen LogP contribution in [-0.2, 0) is 30.6 Å². The van der Waals surface area contributed by atoms with E-state index >= 15 is 0 Å². The zero-order chi connectivity index (χ0) is 18.7. The number of pyridine rings is 1. The zero-order valence-electron chi connectivity index (χ0n) is 14.7. The molecule has 1 aromatic rings. The van der Waals surface area contributed by atoms with Crippen molar-refractivity contribution in [1.29, 1.82) is 0 Å². The standard InChI is InChI=1S/C17H23N3O5S/c1-25-10-17(22)20-8-7-19(14-11-26(23,24)12-15(14)20)16(21)5-4-13-3-2-6-18-9-13/h2-3,6,9,14-15H,4-5,7-8,10-12H2,1H3/t14-,15+/m0/s1. The van der Waals surface area contributed by atoms with Gasteiger partial charge >= 0.3 is 0 Å². The molecule has 2 atom stereocenters. The van der Waals surface area contributed by atoms with Crippen molar-refractivity contribution in [2.24, 2.45) is 0 Å². The van der Waals surface area contributed by atoms with Gasteiger partial charge in [-0.15, -0.1) is 0 Å². The second-order valence-corrected chi connectivity index (χ2v) is 8.83. The Balaban J connectivity index is 1.71. The van der Waals surface area contributed by atoms with E-state index in [-0.39, 0.29) is 29.9 Å². The fourth-order valence-electron chi connectivity index (χ4n) is 3.72. The lowest BCUT2D eigenvalue weighted by Gasteiger charge is -2.43. The van der Waals surface area contributed by atoms with E-state index in [4.69, 9.17) is 4.74 Å². The van der Waals surface area contributed by atoms with Gasteiger partial charge in [-0.3, -0.25) is 14.6 Å². The van der Waals surface area contributed by atoms with Crippen LogP contribution in [0.1, 0.15) is 12.0 Å². The fraction of sp³-hybridized carbons (Fsp3) is 0.588. The molecule has 0 saturated carbocycles. The van der Waals surface area contributed by atoms with E-state index in [1.165, 1.54) is 7.11 Å². The molecule has 3 rings (SSSR count). The van der Waals surface area contributed by atoms with Gasteiger partial charge in [0.25, 0.3) is 0 Å². The highest BCUT2D eigenvalue weighted by molar-refractivity contribution is 7.91. The number of hydrogen-bond acceptors (Lipinski definition) is 6. The Bertz CT molecular complexity index is 768. The molecule has 2 aliphatic heterocycles. The molecule has 9 heteroatoms. The van der Waals surface area contributed by atoms with Gasteiger partial charge in [-0.1, -0.05) is 6.07 Å². The average Bonchev–Trinajstić information content (AvgIpc) is 2.94. The van der Waals surface area contributed by atoms with Crippen LogP contribution in [0, 0.1) is 0 Å². The molecule has 0 aliphatic carbocycles. The van der Waals surface area contributed by atoms with Crippen LogP contribution in [-0.4, -0.2) is 85.4 Å². The Morgan fingerprint density at radius 3 is 2.42 bits per heavy atom. The summed E-state index contributed by atoms with van der Waals surface area (Å²) in [6.45, 7) is 0.591. The van der Waals surface area contributed by atoms with Crippen molar-refractivity contribution in [2.75, 3.05) is 38.3 Å². The summed E-state index contributed by atoms with van der Waals surface area (Å²) in [5.41, 5.74) is 0.963. The number of carbonyl (C=O) groups excluding carboxylic acids is 2. The van der Waals surface area contributed by atoms with Gasteiger partial charge < -0.3 is 14.5 Å². The Kier molecular flexibility index (Phi) is 5.57. The van der Waals surface area contributed by atoms with E-state index in [1.54, 1.807) is 22.2 Å². The maximum Gasteiger partial charge on any atom is 0.248 e. The van der Waals surface area contributed by atoms with Crippen molar-refractivity contribution >= 4 is 21.7 Å². The van der Waals surface area contributed by atoms with Gasteiger partial charge in [-0.05, 0) is 18.1 Å². The molecule has 8 nitrogen and oxygen atoms in total. The van der Waals surface area contributed by atoms with Crippen molar-refractivity contribution < 1.29 is 22.7 Å². The second-order valence-electron chi connectivity index (χ2n) is 6.68. The molecule has 2 amide bonds. The molecule has 0 spiro atoms. The number of aryl methyl sites for hydroxylation is 1. The van der Waals surface area contributed by atoms with E-state index in [9.17, 15) is 18.0 Å². The Morgan fingerprint density at radius 1 is 1.19 bits per heavy atom. The predicted molar refractivity (Wildman–Crippen MR) is 94.1 cm³/mol. The number of carbonyl (C=O) groups is 2. The van der Waals surface area contributed by atoms with Gasteiger partial charge in [0.15, 0.2) is 9.84 Å². The number of ether oxygens (including phenoxy) is 1. The van der Waals surface area contributed by atoms with Crippen molar-refractivity contribution in [3.05, 3.63) is 30.1 Å². The third-order valence-electron chi connectivity index (χ3n) is 4.93. The maximum atomic E-state index is 12.7. The van der Waals surface area contributed by atoms with Gasteiger partial charge in [-0.25, -0.2) is 8.42 Å². The van der Waals surface area contributed by atoms with Crippen molar-refractivity contribution in [3.63, 3.8) is 0 Å². The van der Waals surface area contributed by atoms with Crippen molar-refractivity contribution in [2.45, 2.75) is 24.9 Å². The molecule has 142 valence electrons. The molecule has 0 unspecified atom stereocenters. The number of fused-ring (bicyclic) bond motifs is 1. The van der Waals surface area contributed by atoms with Gasteiger partial charge in [0.05, 0.1) is 23.6 Å². The molecular formula is C17H23N3O5S. The van der Waals surface area contributed by atoms with Crippen LogP contribution >= 0.6 is 0 Å². The summed E-state index contributed by atoms with van der Waals surface area (Å²) in [5, 5.41) is 0. The van der Waals surface area contributed by atoms with Crippen LogP contribution in [0.2, 0.25) is 0 Å². The first-order valence-corrected chi connectivity index (χ1v) is 10.4. The molecular weight excluding hydrogens is 358 g/mol. The summed E-state index contributed by atoms with van der Waals surface area (Å²) in [7, 11) is -1.85. The number of piperazine rings is 1. The third-order valence-corrected chi connectivity index (χ3v) is 6.63. The minimum atomic E-state index is -3.28. The summed E-state index contributed by atoms with van der Waals surface area (Å²) in [6.07, 6.45) is 4.24. The Morgan fingerprint density at radius 2 is 1.85 bits per heavy atom. The van der Waals surface area contributed by atoms with Crippen LogP contribution in [0.15, 0.2) is 24.5 Å². The van der Waals surface area contributed by atoms with Gasteiger partial charge in [-0.2, -0.15) is 0 Å². The Labute approximate surface area is 153 Å². The van der Waals surface area contributed by atoms with Crippen LogP contribution in [0.25, 0.3) is 0 Å². The molecule has 0 aromatic carbocycles. The van der Waals surface area contributed by atoms with Crippen molar-refractivity contribution in [1.82, 2.24) is 14.8 Å². The molecule has 26 heavy (non-hydrogen) atoms. The van der Waals surface area contributed by atoms with E-state index in [1.807, 2.05) is 12.1 Å². The molecule has 0 bridgehead atoms. The first-order chi connectivity index (χ1) is 12.4. The lowest BCUT2D eigenvalue weighted by molar-refractivity contribution is -0.147. The highest BCUT2D eigenvalue weighted by Gasteiger charge is 2.49. The molecule has 3 heterocycles.